The lowest BCUT2D eigenvalue weighted by Gasteiger charge is -2.04. The fraction of sp³-hybridized carbons (Fsp3) is 0.500. The van der Waals surface area contributed by atoms with Crippen molar-refractivity contribution < 1.29 is 17.4 Å². The SMILES string of the molecule is CNC(C)Cc1noc(-c2cc(S(=O)(=O)NC)oc2C)n1. The molecule has 2 N–H and O–H groups in total. The van der Waals surface area contributed by atoms with Gasteiger partial charge in [-0.05, 0) is 27.9 Å². The van der Waals surface area contributed by atoms with Crippen molar-refractivity contribution in [3.63, 3.8) is 0 Å². The molecular formula is C12H18N4O4S. The maximum absolute atomic E-state index is 11.7. The lowest BCUT2D eigenvalue weighted by atomic mass is 10.2. The van der Waals surface area contributed by atoms with Crippen LogP contribution in [0.1, 0.15) is 18.5 Å². The zero-order valence-electron chi connectivity index (χ0n) is 12.3. The van der Waals surface area contributed by atoms with Crippen LogP contribution in [0.15, 0.2) is 20.1 Å². The van der Waals surface area contributed by atoms with Crippen LogP contribution in [0.5, 0.6) is 0 Å². The first-order chi connectivity index (χ1) is 9.87. The van der Waals surface area contributed by atoms with E-state index in [1.807, 2.05) is 14.0 Å². The van der Waals surface area contributed by atoms with E-state index in [1.54, 1.807) is 6.92 Å². The lowest BCUT2D eigenvalue weighted by Crippen LogP contribution is -2.24. The summed E-state index contributed by atoms with van der Waals surface area (Å²) in [6.07, 6.45) is 0.610. The zero-order chi connectivity index (χ0) is 15.6. The van der Waals surface area contributed by atoms with Gasteiger partial charge in [-0.3, -0.25) is 0 Å². The molecule has 0 spiro atoms. The Balaban J connectivity index is 2.31. The fourth-order valence-electron chi connectivity index (χ4n) is 1.72. The Bertz CT molecular complexity index is 719. The van der Waals surface area contributed by atoms with Crippen molar-refractivity contribution in [3.05, 3.63) is 17.7 Å². The van der Waals surface area contributed by atoms with E-state index in [-0.39, 0.29) is 17.0 Å². The maximum atomic E-state index is 11.7. The van der Waals surface area contributed by atoms with Gasteiger partial charge in [0.05, 0.1) is 5.56 Å². The Labute approximate surface area is 123 Å². The monoisotopic (exact) mass is 314 g/mol. The molecule has 0 radical (unpaired) electrons. The molecule has 0 saturated carbocycles. The Morgan fingerprint density at radius 1 is 1.38 bits per heavy atom. The highest BCUT2D eigenvalue weighted by Gasteiger charge is 2.23. The molecule has 21 heavy (non-hydrogen) atoms. The number of nitrogens with one attached hydrogen (secondary N) is 2. The molecule has 0 fully saturated rings. The first kappa shape index (κ1) is 15.7. The molecule has 2 heterocycles. The Morgan fingerprint density at radius 2 is 2.10 bits per heavy atom. The second kappa shape index (κ2) is 5.96. The van der Waals surface area contributed by atoms with Crippen LogP contribution in [0.25, 0.3) is 11.5 Å². The Hall–Kier alpha value is -1.71. The summed E-state index contributed by atoms with van der Waals surface area (Å²) in [5, 5.41) is 6.78. The number of hydrogen-bond acceptors (Lipinski definition) is 7. The van der Waals surface area contributed by atoms with E-state index in [9.17, 15) is 8.42 Å². The number of nitrogens with zero attached hydrogens (tertiary/aromatic N) is 2. The maximum Gasteiger partial charge on any atom is 0.273 e. The highest BCUT2D eigenvalue weighted by Crippen LogP contribution is 2.27. The topological polar surface area (TPSA) is 110 Å². The van der Waals surface area contributed by atoms with Crippen molar-refractivity contribution in [2.24, 2.45) is 0 Å². The van der Waals surface area contributed by atoms with Crippen LogP contribution in [-0.2, 0) is 16.4 Å². The van der Waals surface area contributed by atoms with Crippen molar-refractivity contribution in [3.8, 4) is 11.5 Å². The lowest BCUT2D eigenvalue weighted by molar-refractivity contribution is 0.412. The highest BCUT2D eigenvalue weighted by molar-refractivity contribution is 7.89. The third kappa shape index (κ3) is 3.31. The minimum atomic E-state index is -3.64. The van der Waals surface area contributed by atoms with Gasteiger partial charge in [-0.25, -0.2) is 13.1 Å². The van der Waals surface area contributed by atoms with Gasteiger partial charge in [-0.1, -0.05) is 5.16 Å². The smallest absolute Gasteiger partial charge is 0.273 e. The molecule has 1 atom stereocenters. The normalized spacial score (nSPS) is 13.5. The number of sulfonamides is 1. The van der Waals surface area contributed by atoms with E-state index in [4.69, 9.17) is 8.94 Å². The molecule has 0 bridgehead atoms. The van der Waals surface area contributed by atoms with Crippen LogP contribution >= 0.6 is 0 Å². The summed E-state index contributed by atoms with van der Waals surface area (Å²) in [6, 6.07) is 1.58. The van der Waals surface area contributed by atoms with Gasteiger partial charge in [0.2, 0.25) is 5.09 Å². The van der Waals surface area contributed by atoms with Gasteiger partial charge < -0.3 is 14.3 Å². The van der Waals surface area contributed by atoms with E-state index in [2.05, 4.69) is 20.2 Å². The molecule has 1 unspecified atom stereocenters. The van der Waals surface area contributed by atoms with E-state index >= 15 is 0 Å². The summed E-state index contributed by atoms with van der Waals surface area (Å²) < 4.78 is 36.0. The molecule has 0 aliphatic rings. The quantitative estimate of drug-likeness (QED) is 0.807. The molecule has 8 nitrogen and oxygen atoms in total. The molecule has 2 aromatic heterocycles. The van der Waals surface area contributed by atoms with Crippen molar-refractivity contribution in [1.82, 2.24) is 20.2 Å². The third-order valence-corrected chi connectivity index (χ3v) is 4.38. The summed E-state index contributed by atoms with van der Waals surface area (Å²) in [6.45, 7) is 3.64. The molecule has 0 aliphatic heterocycles. The molecule has 0 saturated heterocycles. The van der Waals surface area contributed by atoms with Gasteiger partial charge in [-0.2, -0.15) is 4.98 Å². The standard InChI is InChI=1S/C12H18N4O4S/c1-7(13-3)5-10-15-12(20-16-10)9-6-11(19-8(9)2)21(17,18)14-4/h6-7,13-14H,5H2,1-4H3. The van der Waals surface area contributed by atoms with E-state index < -0.39 is 10.0 Å². The third-order valence-electron chi connectivity index (χ3n) is 3.11. The summed E-state index contributed by atoms with van der Waals surface area (Å²) in [5.41, 5.74) is 0.472. The van der Waals surface area contributed by atoms with Crippen LogP contribution < -0.4 is 10.0 Å². The van der Waals surface area contributed by atoms with Crippen LogP contribution in [0.3, 0.4) is 0 Å². The first-order valence-electron chi connectivity index (χ1n) is 6.41. The average molecular weight is 314 g/mol. The summed E-state index contributed by atoms with van der Waals surface area (Å²) in [7, 11) is -0.476. The average Bonchev–Trinajstić information content (AvgIpc) is 3.05. The molecule has 0 amide bonds. The van der Waals surface area contributed by atoms with Crippen LogP contribution in [-0.4, -0.2) is 38.7 Å². The zero-order valence-corrected chi connectivity index (χ0v) is 13.1. The predicted octanol–water partition coefficient (Wildman–Crippen LogP) is 0.697. The summed E-state index contributed by atoms with van der Waals surface area (Å²) >= 11 is 0. The minimum Gasteiger partial charge on any atom is -0.448 e. The molecule has 0 aliphatic carbocycles. The summed E-state index contributed by atoms with van der Waals surface area (Å²) in [4.78, 5) is 4.26. The van der Waals surface area contributed by atoms with Gasteiger partial charge in [0.15, 0.2) is 5.82 Å². The Kier molecular flexibility index (Phi) is 4.45. The first-order valence-corrected chi connectivity index (χ1v) is 7.90. The second-order valence-corrected chi connectivity index (χ2v) is 6.47. The van der Waals surface area contributed by atoms with E-state index in [0.29, 0.717) is 23.6 Å². The number of hydrogen-bond donors (Lipinski definition) is 2. The van der Waals surface area contributed by atoms with Crippen molar-refractivity contribution in [2.45, 2.75) is 31.4 Å². The number of aromatic nitrogens is 2. The Morgan fingerprint density at radius 3 is 2.71 bits per heavy atom. The van der Waals surface area contributed by atoms with Crippen LogP contribution in [0.4, 0.5) is 0 Å². The number of aryl methyl sites for hydroxylation is 1. The minimum absolute atomic E-state index is 0.180. The van der Waals surface area contributed by atoms with Gasteiger partial charge in [-0.15, -0.1) is 0 Å². The largest absolute Gasteiger partial charge is 0.448 e. The van der Waals surface area contributed by atoms with Crippen molar-refractivity contribution >= 4 is 10.0 Å². The number of rotatable bonds is 6. The molecule has 2 rings (SSSR count). The molecule has 0 aromatic carbocycles. The fourth-order valence-corrected chi connectivity index (χ4v) is 2.43. The number of likely N-dealkylation sites (N-methyl/N-ethyl adjacent to an activating group) is 1. The van der Waals surface area contributed by atoms with Gasteiger partial charge in [0.1, 0.15) is 5.76 Å². The van der Waals surface area contributed by atoms with Crippen molar-refractivity contribution in [1.29, 1.82) is 0 Å². The molecule has 9 heteroatoms. The summed E-state index contributed by atoms with van der Waals surface area (Å²) in [5.74, 6) is 1.19. The van der Waals surface area contributed by atoms with Crippen molar-refractivity contribution in [2.75, 3.05) is 14.1 Å². The molecule has 2 aromatic rings. The van der Waals surface area contributed by atoms with Crippen LogP contribution in [0, 0.1) is 6.92 Å². The van der Waals surface area contributed by atoms with Gasteiger partial charge in [0.25, 0.3) is 15.9 Å². The van der Waals surface area contributed by atoms with Gasteiger partial charge in [0, 0.05) is 18.5 Å². The molecule has 116 valence electrons. The predicted molar refractivity (Wildman–Crippen MR) is 75.2 cm³/mol. The second-order valence-electron chi connectivity index (χ2n) is 4.65. The highest BCUT2D eigenvalue weighted by atomic mass is 32.2. The van der Waals surface area contributed by atoms with Gasteiger partial charge >= 0.3 is 0 Å². The van der Waals surface area contributed by atoms with E-state index in [1.165, 1.54) is 13.1 Å². The van der Waals surface area contributed by atoms with Crippen LogP contribution in [0.2, 0.25) is 0 Å². The number of furan rings is 1. The van der Waals surface area contributed by atoms with E-state index in [0.717, 1.165) is 0 Å². The molecular weight excluding hydrogens is 296 g/mol.